The van der Waals surface area contributed by atoms with Crippen LogP contribution in [-0.2, 0) is 20.9 Å². The molecular formula is C14H8F5N3O5. The number of esters is 1. The minimum Gasteiger partial charge on any atom is -0.454 e. The van der Waals surface area contributed by atoms with Gasteiger partial charge in [-0.15, -0.1) is 0 Å². The number of aromatic amines is 1. The van der Waals surface area contributed by atoms with Crippen molar-refractivity contribution in [1.29, 1.82) is 0 Å². The molecule has 1 heterocycles. The average molecular weight is 393 g/mol. The highest BCUT2D eigenvalue weighted by molar-refractivity contribution is 5.93. The fourth-order valence-corrected chi connectivity index (χ4v) is 1.79. The number of carbonyl (C=O) groups is 2. The Morgan fingerprint density at radius 3 is 2.11 bits per heavy atom. The van der Waals surface area contributed by atoms with Gasteiger partial charge in [0.25, 0.3) is 11.5 Å². The first kappa shape index (κ1) is 19.8. The molecule has 0 atom stereocenters. The number of nitrogens with zero attached hydrogens (tertiary/aromatic N) is 1. The Labute approximate surface area is 145 Å². The van der Waals surface area contributed by atoms with Crippen molar-refractivity contribution in [2.75, 3.05) is 11.9 Å². The molecule has 8 nitrogen and oxygen atoms in total. The molecule has 1 aromatic carbocycles. The number of halogens is 5. The van der Waals surface area contributed by atoms with E-state index in [9.17, 15) is 41.1 Å². The minimum absolute atomic E-state index is 0.716. The van der Waals surface area contributed by atoms with Gasteiger partial charge >= 0.3 is 11.7 Å². The zero-order valence-corrected chi connectivity index (χ0v) is 12.9. The number of H-pyrrole nitrogens is 1. The van der Waals surface area contributed by atoms with Gasteiger partial charge in [0.15, 0.2) is 29.9 Å². The number of amides is 1. The van der Waals surface area contributed by atoms with E-state index in [1.807, 2.05) is 4.98 Å². The van der Waals surface area contributed by atoms with Gasteiger partial charge in [-0.1, -0.05) is 0 Å². The third-order valence-electron chi connectivity index (χ3n) is 3.03. The molecule has 0 spiro atoms. The molecular weight excluding hydrogens is 385 g/mol. The molecule has 0 aliphatic rings. The molecule has 1 aromatic heterocycles. The van der Waals surface area contributed by atoms with E-state index >= 15 is 0 Å². The van der Waals surface area contributed by atoms with Gasteiger partial charge in [-0.05, 0) is 0 Å². The number of aromatic nitrogens is 2. The Balaban J connectivity index is 2.02. The van der Waals surface area contributed by atoms with Crippen molar-refractivity contribution in [2.24, 2.45) is 0 Å². The first-order valence-electron chi connectivity index (χ1n) is 6.88. The zero-order chi connectivity index (χ0) is 20.3. The molecule has 0 radical (unpaired) electrons. The molecule has 2 aromatic rings. The highest BCUT2D eigenvalue weighted by Gasteiger charge is 2.27. The maximum atomic E-state index is 13.4. The Morgan fingerprint density at radius 1 is 1.00 bits per heavy atom. The molecule has 27 heavy (non-hydrogen) atoms. The summed E-state index contributed by atoms with van der Waals surface area (Å²) in [5.41, 5.74) is -3.26. The number of benzene rings is 1. The topological polar surface area (TPSA) is 110 Å². The normalized spacial score (nSPS) is 10.6. The highest BCUT2D eigenvalue weighted by atomic mass is 19.2. The lowest BCUT2D eigenvalue weighted by molar-refractivity contribution is -0.148. The molecule has 0 bridgehead atoms. The number of hydrogen-bond donors (Lipinski definition) is 2. The summed E-state index contributed by atoms with van der Waals surface area (Å²) in [4.78, 5) is 47.1. The fraction of sp³-hybridized carbons (Fsp3) is 0.143. The van der Waals surface area contributed by atoms with Crippen LogP contribution in [0.25, 0.3) is 0 Å². The highest BCUT2D eigenvalue weighted by Crippen LogP contribution is 2.26. The van der Waals surface area contributed by atoms with Gasteiger partial charge < -0.3 is 10.1 Å². The number of hydrogen-bond acceptors (Lipinski definition) is 5. The van der Waals surface area contributed by atoms with Crippen molar-refractivity contribution in [3.8, 4) is 0 Å². The fourth-order valence-electron chi connectivity index (χ4n) is 1.79. The number of ether oxygens (including phenoxy) is 1. The third-order valence-corrected chi connectivity index (χ3v) is 3.03. The van der Waals surface area contributed by atoms with Gasteiger partial charge in [0, 0.05) is 12.3 Å². The van der Waals surface area contributed by atoms with Gasteiger partial charge in [0.2, 0.25) is 5.82 Å². The van der Waals surface area contributed by atoms with Crippen LogP contribution in [0.5, 0.6) is 0 Å². The van der Waals surface area contributed by atoms with Crippen LogP contribution in [0.15, 0.2) is 21.9 Å². The van der Waals surface area contributed by atoms with Crippen LogP contribution in [0.4, 0.5) is 27.6 Å². The molecule has 2 rings (SSSR count). The van der Waals surface area contributed by atoms with Crippen molar-refractivity contribution in [3.05, 3.63) is 62.2 Å². The maximum absolute atomic E-state index is 13.4. The standard InChI is InChI=1S/C14H8F5N3O5/c15-8-9(16)11(18)13(12(19)10(8)17)20-6(24)4-27-7(25)3-22-2-1-5(23)21-14(22)26/h1-2H,3-4H2,(H,20,24)(H,21,23,26). The summed E-state index contributed by atoms with van der Waals surface area (Å²) in [6.45, 7) is -1.86. The van der Waals surface area contributed by atoms with Crippen LogP contribution >= 0.6 is 0 Å². The van der Waals surface area contributed by atoms with Crippen LogP contribution in [0.2, 0.25) is 0 Å². The largest absolute Gasteiger partial charge is 0.454 e. The summed E-state index contributed by atoms with van der Waals surface area (Å²) in [5.74, 6) is -14.0. The lowest BCUT2D eigenvalue weighted by atomic mass is 10.2. The van der Waals surface area contributed by atoms with E-state index in [1.54, 1.807) is 0 Å². The molecule has 0 saturated heterocycles. The van der Waals surface area contributed by atoms with Gasteiger partial charge in [-0.25, -0.2) is 26.7 Å². The van der Waals surface area contributed by atoms with E-state index in [0.29, 0.717) is 0 Å². The number of anilines is 1. The SMILES string of the molecule is O=C(COC(=O)Cn1ccc(=O)[nH]c1=O)Nc1c(F)c(F)c(F)c(F)c1F. The Morgan fingerprint density at radius 2 is 1.56 bits per heavy atom. The smallest absolute Gasteiger partial charge is 0.328 e. The van der Waals surface area contributed by atoms with E-state index in [1.165, 1.54) is 5.32 Å². The second-order valence-electron chi connectivity index (χ2n) is 4.89. The molecule has 2 N–H and O–H groups in total. The molecule has 0 unspecified atom stereocenters. The van der Waals surface area contributed by atoms with Crippen molar-refractivity contribution < 1.29 is 36.3 Å². The van der Waals surface area contributed by atoms with E-state index in [2.05, 4.69) is 4.74 Å². The lowest BCUT2D eigenvalue weighted by Gasteiger charge is -2.10. The molecule has 1 amide bonds. The predicted molar refractivity (Wildman–Crippen MR) is 77.1 cm³/mol. The Kier molecular flexibility index (Phi) is 5.72. The maximum Gasteiger partial charge on any atom is 0.328 e. The number of nitrogens with one attached hydrogen (secondary N) is 2. The first-order valence-corrected chi connectivity index (χ1v) is 6.88. The van der Waals surface area contributed by atoms with Crippen molar-refractivity contribution >= 4 is 17.6 Å². The second kappa shape index (κ2) is 7.80. The molecule has 0 fully saturated rings. The van der Waals surface area contributed by atoms with Crippen molar-refractivity contribution in [3.63, 3.8) is 0 Å². The summed E-state index contributed by atoms with van der Waals surface area (Å²) < 4.78 is 70.9. The summed E-state index contributed by atoms with van der Waals surface area (Å²) in [5, 5.41) is 1.40. The van der Waals surface area contributed by atoms with Crippen molar-refractivity contribution in [2.45, 2.75) is 6.54 Å². The zero-order valence-electron chi connectivity index (χ0n) is 12.9. The van der Waals surface area contributed by atoms with Gasteiger partial charge in [0.1, 0.15) is 12.2 Å². The quantitative estimate of drug-likeness (QED) is 0.331. The summed E-state index contributed by atoms with van der Waals surface area (Å²) in [6.07, 6.45) is 0.970. The minimum atomic E-state index is -2.40. The van der Waals surface area contributed by atoms with Crippen LogP contribution in [0.1, 0.15) is 0 Å². The second-order valence-corrected chi connectivity index (χ2v) is 4.89. The van der Waals surface area contributed by atoms with E-state index in [-0.39, 0.29) is 0 Å². The van der Waals surface area contributed by atoms with Crippen LogP contribution in [0.3, 0.4) is 0 Å². The monoisotopic (exact) mass is 393 g/mol. The summed E-state index contributed by atoms with van der Waals surface area (Å²) in [6, 6.07) is 0.935. The summed E-state index contributed by atoms with van der Waals surface area (Å²) >= 11 is 0. The summed E-state index contributed by atoms with van der Waals surface area (Å²) in [7, 11) is 0. The van der Waals surface area contributed by atoms with Crippen LogP contribution in [0, 0.1) is 29.1 Å². The average Bonchev–Trinajstić information content (AvgIpc) is 2.62. The Bertz CT molecular complexity index is 1000. The molecule has 144 valence electrons. The molecule has 13 heteroatoms. The Hall–Kier alpha value is -3.51. The third kappa shape index (κ3) is 4.37. The molecule has 0 aliphatic heterocycles. The van der Waals surface area contributed by atoms with E-state index in [4.69, 9.17) is 0 Å². The van der Waals surface area contributed by atoms with E-state index < -0.39 is 71.1 Å². The van der Waals surface area contributed by atoms with Crippen LogP contribution < -0.4 is 16.6 Å². The number of rotatable bonds is 5. The lowest BCUT2D eigenvalue weighted by Crippen LogP contribution is -2.32. The van der Waals surface area contributed by atoms with Gasteiger partial charge in [-0.3, -0.25) is 23.9 Å². The van der Waals surface area contributed by atoms with Gasteiger partial charge in [0.05, 0.1) is 0 Å². The molecule has 0 aliphatic carbocycles. The van der Waals surface area contributed by atoms with E-state index in [0.717, 1.165) is 16.8 Å². The predicted octanol–water partition coefficient (Wildman–Crippen LogP) is 0.414. The van der Waals surface area contributed by atoms with Crippen LogP contribution in [-0.4, -0.2) is 28.0 Å². The number of carbonyl (C=O) groups excluding carboxylic acids is 2. The molecule has 0 saturated carbocycles. The van der Waals surface area contributed by atoms with Gasteiger partial charge in [-0.2, -0.15) is 0 Å². The van der Waals surface area contributed by atoms with Crippen molar-refractivity contribution in [1.82, 2.24) is 9.55 Å². The first-order chi connectivity index (χ1) is 12.6.